The Balaban J connectivity index is 2.76. The van der Waals surface area contributed by atoms with Crippen LogP contribution in [0.25, 0.3) is 0 Å². The van der Waals surface area contributed by atoms with E-state index in [9.17, 15) is 0 Å². The highest BCUT2D eigenvalue weighted by Crippen LogP contribution is 2.44. The van der Waals surface area contributed by atoms with Crippen molar-refractivity contribution >= 4 is 0 Å². The van der Waals surface area contributed by atoms with Crippen LogP contribution in [0, 0.1) is 29.6 Å². The van der Waals surface area contributed by atoms with Crippen LogP contribution in [-0.4, -0.2) is 0 Å². The monoisotopic (exact) mass is 543 g/mol. The molecule has 1 rings (SSSR count). The van der Waals surface area contributed by atoms with Crippen molar-refractivity contribution in [1.82, 2.24) is 0 Å². The van der Waals surface area contributed by atoms with Gasteiger partial charge in [0, 0.05) is 0 Å². The fourth-order valence-corrected chi connectivity index (χ4v) is 7.06. The van der Waals surface area contributed by atoms with Gasteiger partial charge in [0.15, 0.2) is 0 Å². The molecule has 1 aliphatic rings. The predicted molar refractivity (Wildman–Crippen MR) is 180 cm³/mol. The molecule has 39 heavy (non-hydrogen) atoms. The van der Waals surface area contributed by atoms with Crippen LogP contribution >= 0.6 is 0 Å². The second-order valence-electron chi connectivity index (χ2n) is 13.5. The van der Waals surface area contributed by atoms with E-state index in [1.54, 1.807) is 0 Å². The van der Waals surface area contributed by atoms with Crippen LogP contribution in [-0.2, 0) is 0 Å². The van der Waals surface area contributed by atoms with Crippen molar-refractivity contribution in [3.05, 3.63) is 24.3 Å². The molecule has 0 radical (unpaired) electrons. The average Bonchev–Trinajstić information content (AvgIpc) is 2.95. The summed E-state index contributed by atoms with van der Waals surface area (Å²) < 4.78 is 0. The second kappa shape index (κ2) is 26.4. The minimum atomic E-state index is 0.823. The maximum atomic E-state index is 2.73. The Labute approximate surface area is 248 Å². The van der Waals surface area contributed by atoms with E-state index in [1.807, 2.05) is 0 Å². The lowest BCUT2D eigenvalue weighted by Crippen LogP contribution is -2.31. The molecular weight excluding hydrogens is 468 g/mol. The molecule has 0 fully saturated rings. The standard InChI is InChI=1S/C39H74/c1-6-10-13-16-21-26-31-38-36(29-24-15-12-8-3)33-34-37(39(38)32-27-22-17-14-11-7-2)30-25-20-18-19-23-28-35(5)9-4/h21,26,33-39H,6-20,22-25,27-32H2,1-5H3/b26-21+. The van der Waals surface area contributed by atoms with Gasteiger partial charge in [-0.2, -0.15) is 0 Å². The lowest BCUT2D eigenvalue weighted by atomic mass is 9.65. The van der Waals surface area contributed by atoms with Crippen LogP contribution < -0.4 is 0 Å². The third kappa shape index (κ3) is 18.5. The van der Waals surface area contributed by atoms with Gasteiger partial charge in [-0.1, -0.05) is 181 Å². The molecule has 0 aromatic carbocycles. The second-order valence-corrected chi connectivity index (χ2v) is 13.5. The first-order valence-corrected chi connectivity index (χ1v) is 18.5. The van der Waals surface area contributed by atoms with Gasteiger partial charge in [0.2, 0.25) is 0 Å². The van der Waals surface area contributed by atoms with Crippen molar-refractivity contribution in [2.45, 2.75) is 195 Å². The van der Waals surface area contributed by atoms with Crippen LogP contribution in [0.5, 0.6) is 0 Å². The summed E-state index contributed by atoms with van der Waals surface area (Å²) in [6, 6.07) is 0. The van der Waals surface area contributed by atoms with Gasteiger partial charge >= 0.3 is 0 Å². The summed E-state index contributed by atoms with van der Waals surface area (Å²) in [6.07, 6.45) is 46.0. The van der Waals surface area contributed by atoms with E-state index < -0.39 is 0 Å². The quantitative estimate of drug-likeness (QED) is 0.0715. The molecule has 0 saturated carbocycles. The Hall–Kier alpha value is -0.520. The van der Waals surface area contributed by atoms with Crippen LogP contribution in [0.2, 0.25) is 0 Å². The number of unbranched alkanes of at least 4 members (excludes halogenated alkanes) is 15. The zero-order valence-corrected chi connectivity index (χ0v) is 27.9. The van der Waals surface area contributed by atoms with Crippen LogP contribution in [0.3, 0.4) is 0 Å². The molecule has 5 unspecified atom stereocenters. The molecule has 0 aromatic heterocycles. The van der Waals surface area contributed by atoms with Crippen molar-refractivity contribution < 1.29 is 0 Å². The molecule has 0 heteroatoms. The summed E-state index contributed by atoms with van der Waals surface area (Å²) in [7, 11) is 0. The molecule has 0 amide bonds. The van der Waals surface area contributed by atoms with E-state index in [4.69, 9.17) is 0 Å². The Morgan fingerprint density at radius 3 is 1.62 bits per heavy atom. The molecule has 1 aliphatic carbocycles. The molecule has 0 aliphatic heterocycles. The normalized spacial score (nSPS) is 22.2. The molecule has 0 N–H and O–H groups in total. The van der Waals surface area contributed by atoms with E-state index in [2.05, 4.69) is 58.9 Å². The molecule has 0 heterocycles. The zero-order valence-electron chi connectivity index (χ0n) is 27.9. The zero-order chi connectivity index (χ0) is 28.4. The highest BCUT2D eigenvalue weighted by molar-refractivity contribution is 5.07. The average molecular weight is 543 g/mol. The van der Waals surface area contributed by atoms with Crippen LogP contribution in [0.15, 0.2) is 24.3 Å². The van der Waals surface area contributed by atoms with Crippen molar-refractivity contribution in [3.63, 3.8) is 0 Å². The first kappa shape index (κ1) is 36.5. The Bertz CT molecular complexity index is 556. The van der Waals surface area contributed by atoms with Gasteiger partial charge < -0.3 is 0 Å². The molecular formula is C39H74. The summed E-state index contributed by atoms with van der Waals surface area (Å²) in [4.78, 5) is 0. The highest BCUT2D eigenvalue weighted by atomic mass is 14.4. The summed E-state index contributed by atoms with van der Waals surface area (Å²) in [5.74, 6) is 4.39. The van der Waals surface area contributed by atoms with Crippen molar-refractivity contribution in [2.24, 2.45) is 29.6 Å². The molecule has 5 atom stereocenters. The van der Waals surface area contributed by atoms with Gasteiger partial charge in [0.05, 0.1) is 0 Å². The minimum Gasteiger partial charge on any atom is -0.0885 e. The fraction of sp³-hybridized carbons (Fsp3) is 0.897. The highest BCUT2D eigenvalue weighted by Gasteiger charge is 2.34. The number of allylic oxidation sites excluding steroid dienone is 4. The molecule has 0 saturated heterocycles. The van der Waals surface area contributed by atoms with Gasteiger partial charge in [0.1, 0.15) is 0 Å². The van der Waals surface area contributed by atoms with Crippen molar-refractivity contribution in [1.29, 1.82) is 0 Å². The van der Waals surface area contributed by atoms with Gasteiger partial charge in [-0.25, -0.2) is 0 Å². The van der Waals surface area contributed by atoms with E-state index in [1.165, 1.54) is 161 Å². The SMILES string of the molecule is CCCCC/C=C/CC1C(CCCCCC)C=CC(CCCCCCCC(C)CC)C1CCCCCCCC. The van der Waals surface area contributed by atoms with Gasteiger partial charge in [0.25, 0.3) is 0 Å². The van der Waals surface area contributed by atoms with Gasteiger partial charge in [-0.3, -0.25) is 0 Å². The van der Waals surface area contributed by atoms with Gasteiger partial charge in [-0.15, -0.1) is 0 Å². The summed E-state index contributed by atoms with van der Waals surface area (Å²) in [5.41, 5.74) is 0. The molecule has 0 spiro atoms. The molecule has 230 valence electrons. The number of rotatable bonds is 27. The van der Waals surface area contributed by atoms with Gasteiger partial charge in [-0.05, 0) is 68.1 Å². The predicted octanol–water partition coefficient (Wildman–Crippen LogP) is 14.0. The first-order valence-electron chi connectivity index (χ1n) is 18.5. The van der Waals surface area contributed by atoms with Crippen LogP contribution in [0.1, 0.15) is 195 Å². The van der Waals surface area contributed by atoms with Crippen molar-refractivity contribution in [2.75, 3.05) is 0 Å². The van der Waals surface area contributed by atoms with Crippen molar-refractivity contribution in [3.8, 4) is 0 Å². The fourth-order valence-electron chi connectivity index (χ4n) is 7.06. The Morgan fingerprint density at radius 2 is 1.00 bits per heavy atom. The summed E-state index contributed by atoms with van der Waals surface area (Å²) in [5, 5.41) is 0. The van der Waals surface area contributed by atoms with E-state index in [0.29, 0.717) is 0 Å². The van der Waals surface area contributed by atoms with Crippen LogP contribution in [0.4, 0.5) is 0 Å². The topological polar surface area (TPSA) is 0 Å². The maximum absolute atomic E-state index is 2.73. The number of hydrogen-bond acceptors (Lipinski definition) is 0. The third-order valence-electron chi connectivity index (χ3n) is 10.0. The summed E-state index contributed by atoms with van der Waals surface area (Å²) >= 11 is 0. The molecule has 0 nitrogen and oxygen atoms in total. The maximum Gasteiger partial charge on any atom is -0.0199 e. The first-order chi connectivity index (χ1) is 19.2. The smallest absolute Gasteiger partial charge is 0.0199 e. The molecule has 0 aromatic rings. The lowest BCUT2D eigenvalue weighted by Gasteiger charge is -2.40. The Morgan fingerprint density at radius 1 is 0.513 bits per heavy atom. The van der Waals surface area contributed by atoms with E-state index in [-0.39, 0.29) is 0 Å². The van der Waals surface area contributed by atoms with E-state index in [0.717, 1.165) is 29.6 Å². The van der Waals surface area contributed by atoms with E-state index >= 15 is 0 Å². The lowest BCUT2D eigenvalue weighted by molar-refractivity contribution is 0.159. The minimum absolute atomic E-state index is 0.823. The number of hydrogen-bond donors (Lipinski definition) is 0. The summed E-state index contributed by atoms with van der Waals surface area (Å²) in [6.45, 7) is 11.8. The third-order valence-corrected chi connectivity index (χ3v) is 10.0. The molecule has 0 bridgehead atoms. The Kier molecular flexibility index (Phi) is 24.7. The largest absolute Gasteiger partial charge is 0.0885 e.